The maximum absolute atomic E-state index is 13.6. The third kappa shape index (κ3) is 5.25. The molecule has 0 fully saturated rings. The van der Waals surface area contributed by atoms with E-state index in [0.29, 0.717) is 12.1 Å². The molecule has 0 radical (unpaired) electrons. The molecule has 11 heteroatoms. The number of nitrogens with one attached hydrogen (secondary N) is 1. The summed E-state index contributed by atoms with van der Waals surface area (Å²) < 4.78 is 63.7. The molecule has 0 saturated heterocycles. The summed E-state index contributed by atoms with van der Waals surface area (Å²) >= 11 is 1.21. The number of thiazole rings is 1. The van der Waals surface area contributed by atoms with E-state index < -0.39 is 35.3 Å². The highest BCUT2D eigenvalue weighted by Crippen LogP contribution is 2.47. The van der Waals surface area contributed by atoms with E-state index >= 15 is 0 Å². The van der Waals surface area contributed by atoms with Gasteiger partial charge in [-0.15, -0.1) is 11.3 Å². The molecule has 3 rings (SSSR count). The lowest BCUT2D eigenvalue weighted by Crippen LogP contribution is -2.52. The van der Waals surface area contributed by atoms with Crippen LogP contribution in [0.5, 0.6) is 11.5 Å². The number of carbonyl (C=O) groups is 1. The molecule has 32 heavy (non-hydrogen) atoms. The van der Waals surface area contributed by atoms with Crippen LogP contribution in [0.1, 0.15) is 45.9 Å². The number of hydrogen-bond acceptors (Lipinski definition) is 4. The monoisotopic (exact) mass is 475 g/mol. The lowest BCUT2D eigenvalue weighted by molar-refractivity contribution is -0.391. The fourth-order valence-electron chi connectivity index (χ4n) is 3.70. The number of urea groups is 1. The van der Waals surface area contributed by atoms with E-state index in [4.69, 9.17) is 0 Å². The lowest BCUT2D eigenvalue weighted by atomic mass is 9.82. The van der Waals surface area contributed by atoms with Gasteiger partial charge in [-0.3, -0.25) is 4.57 Å². The van der Waals surface area contributed by atoms with Gasteiger partial charge in [0.2, 0.25) is 0 Å². The predicted molar refractivity (Wildman–Crippen MR) is 112 cm³/mol. The van der Waals surface area contributed by atoms with Gasteiger partial charge in [0.25, 0.3) is 0 Å². The van der Waals surface area contributed by atoms with Crippen molar-refractivity contribution < 1.29 is 31.8 Å². The molecule has 0 spiro atoms. The molecule has 0 bridgehead atoms. The number of benzene rings is 1. The first-order valence-electron chi connectivity index (χ1n) is 9.82. The topological polar surface area (TPSA) is 64.8 Å². The van der Waals surface area contributed by atoms with Crippen molar-refractivity contribution in [2.45, 2.75) is 65.7 Å². The lowest BCUT2D eigenvalue weighted by Gasteiger charge is -2.32. The number of aromatic nitrogens is 1. The van der Waals surface area contributed by atoms with E-state index in [1.54, 1.807) is 13.1 Å². The Balaban J connectivity index is 1.93. The van der Waals surface area contributed by atoms with Gasteiger partial charge in [0.15, 0.2) is 16.3 Å². The normalized spacial score (nSPS) is 17.9. The minimum atomic E-state index is -4.82. The van der Waals surface area contributed by atoms with E-state index in [2.05, 4.69) is 40.6 Å². The van der Waals surface area contributed by atoms with Crippen molar-refractivity contribution in [1.82, 2.24) is 9.88 Å². The third-order valence-electron chi connectivity index (χ3n) is 4.40. The van der Waals surface area contributed by atoms with Crippen molar-refractivity contribution in [1.29, 1.82) is 0 Å². The van der Waals surface area contributed by atoms with Gasteiger partial charge in [-0.2, -0.15) is 22.6 Å². The van der Waals surface area contributed by atoms with Crippen LogP contribution >= 0.6 is 11.3 Å². The maximum Gasteiger partial charge on any atom is 0.507 e. The number of nitrogens with zero attached hydrogens (tertiary/aromatic N) is 2. The van der Waals surface area contributed by atoms with Crippen LogP contribution in [-0.2, 0) is 0 Å². The quantitative estimate of drug-likeness (QED) is 0.586. The second kappa shape index (κ2) is 7.79. The van der Waals surface area contributed by atoms with E-state index in [0.717, 1.165) is 17.0 Å². The first-order chi connectivity index (χ1) is 14.5. The molecule has 0 atom stereocenters. The van der Waals surface area contributed by atoms with Crippen LogP contribution in [0.3, 0.4) is 0 Å². The average molecular weight is 476 g/mol. The van der Waals surface area contributed by atoms with Crippen molar-refractivity contribution in [2.24, 2.45) is 10.4 Å². The second-order valence-electron chi connectivity index (χ2n) is 9.53. The number of halogens is 4. The standard InChI is InChI=1S/C21H25F4N3O3S/c1-12-10-28(17(32-12)26-16(29)27-19(5,6)11-18(2,3)4)13-7-8-14-15(9-13)31-21(24,25)20(22,23)30-14/h7-10H,11H2,1-6H3,(H,27,29). The van der Waals surface area contributed by atoms with Gasteiger partial charge in [-0.1, -0.05) is 20.8 Å². The van der Waals surface area contributed by atoms with Crippen molar-refractivity contribution in [3.63, 3.8) is 0 Å². The van der Waals surface area contributed by atoms with Crippen LogP contribution in [0, 0.1) is 12.3 Å². The molecule has 2 amide bonds. The molecule has 2 aromatic rings. The summed E-state index contributed by atoms with van der Waals surface area (Å²) in [4.78, 5) is 17.8. The van der Waals surface area contributed by atoms with Crippen molar-refractivity contribution in [3.05, 3.63) is 34.1 Å². The molecule has 0 saturated carbocycles. The van der Waals surface area contributed by atoms with Crippen molar-refractivity contribution in [3.8, 4) is 17.2 Å². The maximum atomic E-state index is 13.6. The van der Waals surface area contributed by atoms with Crippen LogP contribution in [0.4, 0.5) is 22.4 Å². The number of fused-ring (bicyclic) bond motifs is 1. The summed E-state index contributed by atoms with van der Waals surface area (Å²) in [5, 5.41) is 2.88. The Hall–Kier alpha value is -2.56. The summed E-state index contributed by atoms with van der Waals surface area (Å²) in [6.07, 6.45) is -7.24. The summed E-state index contributed by atoms with van der Waals surface area (Å²) in [5.74, 6) is -1.06. The Morgan fingerprint density at radius 3 is 2.28 bits per heavy atom. The number of alkyl halides is 4. The second-order valence-corrected chi connectivity index (χ2v) is 10.7. The van der Waals surface area contributed by atoms with Crippen LogP contribution in [0.15, 0.2) is 29.4 Å². The van der Waals surface area contributed by atoms with E-state index in [1.807, 2.05) is 13.8 Å². The van der Waals surface area contributed by atoms with Crippen LogP contribution in [-0.4, -0.2) is 28.4 Å². The number of ether oxygens (including phenoxy) is 2. The van der Waals surface area contributed by atoms with Crippen molar-refractivity contribution in [2.75, 3.05) is 0 Å². The number of amides is 2. The molecule has 176 valence electrons. The minimum absolute atomic E-state index is 0.0136. The molecule has 2 heterocycles. The zero-order valence-corrected chi connectivity index (χ0v) is 19.4. The number of carbonyl (C=O) groups excluding carboxylic acids is 1. The molecular formula is C21H25F4N3O3S. The molecule has 1 aromatic heterocycles. The molecule has 0 unspecified atom stereocenters. The first-order valence-corrected chi connectivity index (χ1v) is 10.6. The summed E-state index contributed by atoms with van der Waals surface area (Å²) in [5.41, 5.74) is -0.234. The molecule has 6 nitrogen and oxygen atoms in total. The number of rotatable bonds is 3. The van der Waals surface area contributed by atoms with Gasteiger partial charge in [-0.05, 0) is 44.7 Å². The van der Waals surface area contributed by atoms with Gasteiger partial charge >= 0.3 is 18.2 Å². The zero-order valence-electron chi connectivity index (χ0n) is 18.6. The highest BCUT2D eigenvalue weighted by Gasteiger charge is 2.65. The fraction of sp³-hybridized carbons (Fsp3) is 0.524. The molecule has 1 N–H and O–H groups in total. The Morgan fingerprint density at radius 1 is 1.09 bits per heavy atom. The predicted octanol–water partition coefficient (Wildman–Crippen LogP) is 5.63. The highest BCUT2D eigenvalue weighted by molar-refractivity contribution is 7.09. The van der Waals surface area contributed by atoms with Gasteiger partial charge in [0.1, 0.15) is 0 Å². The fourth-order valence-corrected chi connectivity index (χ4v) is 4.53. The molecule has 1 aliphatic heterocycles. The minimum Gasteiger partial charge on any atom is -0.421 e. The number of aryl methyl sites for hydroxylation is 1. The first kappa shape index (κ1) is 24.1. The third-order valence-corrected chi connectivity index (χ3v) is 5.30. The van der Waals surface area contributed by atoms with Gasteiger partial charge in [0.05, 0.1) is 5.69 Å². The van der Waals surface area contributed by atoms with Gasteiger partial charge in [0, 0.05) is 22.7 Å². The van der Waals surface area contributed by atoms with Crippen LogP contribution < -0.4 is 19.6 Å². The van der Waals surface area contributed by atoms with E-state index in [-0.39, 0.29) is 10.2 Å². The van der Waals surface area contributed by atoms with E-state index in [1.165, 1.54) is 22.0 Å². The Labute approximate surface area is 186 Å². The average Bonchev–Trinajstić information content (AvgIpc) is 2.92. The van der Waals surface area contributed by atoms with Gasteiger partial charge < -0.3 is 14.8 Å². The molecule has 0 aliphatic carbocycles. The SMILES string of the molecule is Cc1cn(-c2ccc3c(c2)OC(F)(F)C(F)(F)O3)c(=NC(=O)NC(C)(C)CC(C)(C)C)s1. The van der Waals surface area contributed by atoms with Crippen LogP contribution in [0.25, 0.3) is 5.69 Å². The molecular weight excluding hydrogens is 450 g/mol. The van der Waals surface area contributed by atoms with E-state index in [9.17, 15) is 22.4 Å². The molecule has 1 aliphatic rings. The summed E-state index contributed by atoms with van der Waals surface area (Å²) in [6, 6.07) is 3.06. The Kier molecular flexibility index (Phi) is 5.86. The molecule has 1 aromatic carbocycles. The van der Waals surface area contributed by atoms with Crippen molar-refractivity contribution >= 4 is 17.4 Å². The number of hydrogen-bond donors (Lipinski definition) is 1. The summed E-state index contributed by atoms with van der Waals surface area (Å²) in [6.45, 7) is 11.8. The summed E-state index contributed by atoms with van der Waals surface area (Å²) in [7, 11) is 0. The Bertz CT molecular complexity index is 1100. The largest absolute Gasteiger partial charge is 0.507 e. The van der Waals surface area contributed by atoms with Crippen LogP contribution in [0.2, 0.25) is 0 Å². The Morgan fingerprint density at radius 2 is 1.69 bits per heavy atom. The highest BCUT2D eigenvalue weighted by atomic mass is 32.1. The smallest absolute Gasteiger partial charge is 0.421 e. The zero-order chi connectivity index (χ0) is 24.1. The van der Waals surface area contributed by atoms with Gasteiger partial charge in [-0.25, -0.2) is 4.79 Å².